The molecule has 1 N–H and O–H groups in total. The Morgan fingerprint density at radius 2 is 1.62 bits per heavy atom. The van der Waals surface area contributed by atoms with Crippen LogP contribution >= 0.6 is 15.9 Å². The normalized spacial score (nSPS) is 14.1. The number of halogens is 1. The summed E-state index contributed by atoms with van der Waals surface area (Å²) in [6, 6.07) is 25.3. The number of carbonyl (C=O) groups excluding carboxylic acids is 1. The first-order chi connectivity index (χ1) is 16.4. The zero-order chi connectivity index (χ0) is 23.4. The van der Waals surface area contributed by atoms with Gasteiger partial charge in [-0.15, -0.1) is 0 Å². The molecule has 0 unspecified atom stereocenters. The number of furan rings is 1. The van der Waals surface area contributed by atoms with Crippen molar-refractivity contribution in [3.8, 4) is 11.1 Å². The van der Waals surface area contributed by atoms with Crippen molar-refractivity contribution in [2.45, 2.75) is 4.90 Å². The minimum atomic E-state index is -3.91. The molecule has 34 heavy (non-hydrogen) atoms. The van der Waals surface area contributed by atoms with Gasteiger partial charge < -0.3 is 9.73 Å². The van der Waals surface area contributed by atoms with E-state index in [9.17, 15) is 13.2 Å². The molecule has 0 fully saturated rings. The van der Waals surface area contributed by atoms with E-state index in [1.54, 1.807) is 48.5 Å². The Labute approximate surface area is 204 Å². The molecular weight excluding hydrogens is 516 g/mol. The molecule has 0 radical (unpaired) electrons. The van der Waals surface area contributed by atoms with Gasteiger partial charge in [-0.2, -0.15) is 0 Å². The molecule has 4 aromatic carbocycles. The van der Waals surface area contributed by atoms with Crippen molar-refractivity contribution in [3.05, 3.63) is 89.4 Å². The molecule has 0 saturated carbocycles. The number of anilines is 2. The molecule has 1 aliphatic rings. The molecule has 6 rings (SSSR count). The van der Waals surface area contributed by atoms with Crippen LogP contribution in [0.1, 0.15) is 0 Å². The van der Waals surface area contributed by atoms with Crippen molar-refractivity contribution in [1.29, 1.82) is 0 Å². The van der Waals surface area contributed by atoms with E-state index in [4.69, 9.17) is 4.42 Å². The summed E-state index contributed by atoms with van der Waals surface area (Å²) in [5.74, 6) is -0.452. The van der Waals surface area contributed by atoms with Gasteiger partial charge in [-0.05, 0) is 42.5 Å². The minimum Gasteiger partial charge on any atom is -0.456 e. The third-order valence-electron chi connectivity index (χ3n) is 5.92. The number of hydrogen-bond donors (Lipinski definition) is 1. The van der Waals surface area contributed by atoms with Crippen molar-refractivity contribution in [2.24, 2.45) is 0 Å². The number of rotatable bonds is 3. The fourth-order valence-electron chi connectivity index (χ4n) is 4.41. The van der Waals surface area contributed by atoms with E-state index in [1.165, 1.54) is 0 Å². The standard InChI is InChI=1S/C26H17BrN2O4S/c27-16-9-12-22-21(13-16)20-6-2-4-8-25(20)34(31,32)29(22)15-26(30)28-17-10-11-19-18-5-1-3-7-23(18)33-24(19)14-17/h1-14H,15H2,(H,28,30). The highest BCUT2D eigenvalue weighted by molar-refractivity contribution is 9.10. The molecule has 0 saturated heterocycles. The summed E-state index contributed by atoms with van der Waals surface area (Å²) in [4.78, 5) is 13.2. The third kappa shape index (κ3) is 3.29. The number of hydrogen-bond acceptors (Lipinski definition) is 4. The smallest absolute Gasteiger partial charge is 0.265 e. The predicted octanol–water partition coefficient (Wildman–Crippen LogP) is 6.16. The molecule has 1 aliphatic heterocycles. The zero-order valence-electron chi connectivity index (χ0n) is 17.7. The Balaban J connectivity index is 1.34. The van der Waals surface area contributed by atoms with Crippen LogP contribution in [0.25, 0.3) is 33.1 Å². The summed E-state index contributed by atoms with van der Waals surface area (Å²) < 4.78 is 34.7. The summed E-state index contributed by atoms with van der Waals surface area (Å²) in [6.07, 6.45) is 0. The summed E-state index contributed by atoms with van der Waals surface area (Å²) in [5, 5.41) is 4.76. The van der Waals surface area contributed by atoms with Crippen LogP contribution in [0.5, 0.6) is 0 Å². The molecule has 0 spiro atoms. The van der Waals surface area contributed by atoms with Gasteiger partial charge in [0.25, 0.3) is 10.0 Å². The zero-order valence-corrected chi connectivity index (χ0v) is 20.1. The second-order valence-corrected chi connectivity index (χ2v) is 10.8. The van der Waals surface area contributed by atoms with Crippen LogP contribution in [-0.2, 0) is 14.8 Å². The number of nitrogens with zero attached hydrogens (tertiary/aromatic N) is 1. The van der Waals surface area contributed by atoms with Crippen molar-refractivity contribution >= 4 is 65.2 Å². The van der Waals surface area contributed by atoms with Gasteiger partial charge in [-0.3, -0.25) is 9.10 Å². The van der Waals surface area contributed by atoms with E-state index in [-0.39, 0.29) is 11.4 Å². The van der Waals surface area contributed by atoms with Gasteiger partial charge in [-0.25, -0.2) is 8.42 Å². The molecule has 1 aromatic heterocycles. The monoisotopic (exact) mass is 532 g/mol. The quantitative estimate of drug-likeness (QED) is 0.301. The van der Waals surface area contributed by atoms with Gasteiger partial charge in [0.05, 0.1) is 10.6 Å². The maximum absolute atomic E-state index is 13.4. The maximum Gasteiger partial charge on any atom is 0.265 e. The summed E-state index contributed by atoms with van der Waals surface area (Å²) in [7, 11) is -3.91. The van der Waals surface area contributed by atoms with Crippen LogP contribution in [0.2, 0.25) is 0 Å². The Morgan fingerprint density at radius 3 is 2.50 bits per heavy atom. The number of sulfonamides is 1. The van der Waals surface area contributed by atoms with E-state index in [2.05, 4.69) is 21.2 Å². The van der Waals surface area contributed by atoms with Crippen LogP contribution in [0.4, 0.5) is 11.4 Å². The van der Waals surface area contributed by atoms with Crippen molar-refractivity contribution < 1.29 is 17.6 Å². The van der Waals surface area contributed by atoms with Gasteiger partial charge in [0.2, 0.25) is 5.91 Å². The number of carbonyl (C=O) groups is 1. The second kappa shape index (κ2) is 7.72. The molecule has 6 nitrogen and oxygen atoms in total. The van der Waals surface area contributed by atoms with Gasteiger partial charge in [0.1, 0.15) is 17.7 Å². The largest absolute Gasteiger partial charge is 0.456 e. The fraction of sp³-hybridized carbons (Fsp3) is 0.0385. The molecule has 0 atom stereocenters. The first kappa shape index (κ1) is 20.9. The van der Waals surface area contributed by atoms with Crippen LogP contribution in [0.15, 0.2) is 98.7 Å². The van der Waals surface area contributed by atoms with Gasteiger partial charge >= 0.3 is 0 Å². The van der Waals surface area contributed by atoms with Crippen molar-refractivity contribution in [3.63, 3.8) is 0 Å². The Morgan fingerprint density at radius 1 is 0.853 bits per heavy atom. The first-order valence-corrected chi connectivity index (χ1v) is 12.8. The highest BCUT2D eigenvalue weighted by atomic mass is 79.9. The molecule has 8 heteroatoms. The lowest BCUT2D eigenvalue weighted by molar-refractivity contribution is -0.114. The number of para-hydroxylation sites is 1. The van der Waals surface area contributed by atoms with Gasteiger partial charge in [0.15, 0.2) is 0 Å². The third-order valence-corrected chi connectivity index (χ3v) is 8.23. The number of fused-ring (bicyclic) bond motifs is 6. The summed E-state index contributed by atoms with van der Waals surface area (Å²) >= 11 is 3.46. The molecule has 168 valence electrons. The lowest BCUT2D eigenvalue weighted by Crippen LogP contribution is -2.40. The number of nitrogens with one attached hydrogen (secondary N) is 1. The average molecular weight is 533 g/mol. The Kier molecular flexibility index (Phi) is 4.75. The molecule has 0 bridgehead atoms. The number of benzene rings is 4. The molecule has 2 heterocycles. The van der Waals surface area contributed by atoms with Crippen LogP contribution in [-0.4, -0.2) is 20.9 Å². The van der Waals surface area contributed by atoms with Crippen LogP contribution in [0.3, 0.4) is 0 Å². The Bertz CT molecular complexity index is 1730. The fourth-order valence-corrected chi connectivity index (χ4v) is 6.42. The molecular formula is C26H17BrN2O4S. The molecule has 1 amide bonds. The van der Waals surface area contributed by atoms with E-state index in [1.807, 2.05) is 36.4 Å². The SMILES string of the molecule is O=C(CN1c2ccc(Br)cc2-c2ccccc2S1(=O)=O)Nc1ccc2c(c1)oc1ccccc12. The highest BCUT2D eigenvalue weighted by Gasteiger charge is 2.36. The van der Waals surface area contributed by atoms with E-state index in [0.717, 1.165) is 30.7 Å². The summed E-state index contributed by atoms with van der Waals surface area (Å²) in [5.41, 5.74) is 3.77. The Hall–Kier alpha value is -3.62. The lowest BCUT2D eigenvalue weighted by Gasteiger charge is -2.31. The van der Waals surface area contributed by atoms with E-state index in [0.29, 0.717) is 22.5 Å². The van der Waals surface area contributed by atoms with Crippen LogP contribution in [0, 0.1) is 0 Å². The van der Waals surface area contributed by atoms with Crippen molar-refractivity contribution in [1.82, 2.24) is 0 Å². The minimum absolute atomic E-state index is 0.178. The van der Waals surface area contributed by atoms with E-state index < -0.39 is 15.9 Å². The first-order valence-electron chi connectivity index (χ1n) is 10.5. The van der Waals surface area contributed by atoms with Crippen molar-refractivity contribution in [2.75, 3.05) is 16.2 Å². The topological polar surface area (TPSA) is 79.6 Å². The second-order valence-electron chi connectivity index (χ2n) is 8.03. The average Bonchev–Trinajstić information content (AvgIpc) is 3.20. The maximum atomic E-state index is 13.4. The predicted molar refractivity (Wildman–Crippen MR) is 136 cm³/mol. The number of amides is 1. The molecule has 5 aromatic rings. The van der Waals surface area contributed by atoms with Crippen LogP contribution < -0.4 is 9.62 Å². The molecule has 0 aliphatic carbocycles. The van der Waals surface area contributed by atoms with Gasteiger partial charge in [0, 0.05) is 38.1 Å². The highest BCUT2D eigenvalue weighted by Crippen LogP contribution is 2.44. The van der Waals surface area contributed by atoms with Gasteiger partial charge in [-0.1, -0.05) is 52.3 Å². The van der Waals surface area contributed by atoms with E-state index >= 15 is 0 Å². The lowest BCUT2D eigenvalue weighted by atomic mass is 10.0. The summed E-state index contributed by atoms with van der Waals surface area (Å²) in [6.45, 7) is -0.358.